The number of sulfone groups is 1. The van der Waals surface area contributed by atoms with Crippen molar-refractivity contribution in [3.05, 3.63) is 48.3 Å². The molecule has 5 nitrogen and oxygen atoms in total. The van der Waals surface area contributed by atoms with Gasteiger partial charge >= 0.3 is 0 Å². The quantitative estimate of drug-likeness (QED) is 0.745. The molecular formula is C15H15N3O2S. The molecule has 0 saturated heterocycles. The summed E-state index contributed by atoms with van der Waals surface area (Å²) in [4.78, 5) is 4.63. The molecule has 3 aromatic rings. The van der Waals surface area contributed by atoms with Gasteiger partial charge in [-0.1, -0.05) is 25.1 Å². The van der Waals surface area contributed by atoms with Crippen LogP contribution in [0.3, 0.4) is 0 Å². The molecule has 0 saturated carbocycles. The van der Waals surface area contributed by atoms with Gasteiger partial charge in [-0.15, -0.1) is 0 Å². The zero-order chi connectivity index (χ0) is 15.0. The molecule has 0 radical (unpaired) electrons. The van der Waals surface area contributed by atoms with Gasteiger partial charge in [0.2, 0.25) is 0 Å². The smallest absolute Gasteiger partial charge is 0.178 e. The standard InChI is InChI=1S/C15H15N3O2S/c1-3-21(19,20)14-7-5-4-6-12(14)13-8-9-15-16-11(2)10-18(15)17-13/h4-10H,3H2,1-2H3. The van der Waals surface area contributed by atoms with E-state index in [1.165, 1.54) is 0 Å². The minimum atomic E-state index is -3.29. The molecule has 3 rings (SSSR count). The Hall–Kier alpha value is -2.21. The molecule has 0 unspecified atom stereocenters. The lowest BCUT2D eigenvalue weighted by Crippen LogP contribution is -2.06. The Morgan fingerprint density at radius 1 is 1.14 bits per heavy atom. The zero-order valence-corrected chi connectivity index (χ0v) is 12.6. The van der Waals surface area contributed by atoms with Crippen LogP contribution in [-0.2, 0) is 9.84 Å². The highest BCUT2D eigenvalue weighted by Crippen LogP contribution is 2.26. The van der Waals surface area contributed by atoms with Crippen molar-refractivity contribution in [2.75, 3.05) is 5.75 Å². The highest BCUT2D eigenvalue weighted by Gasteiger charge is 2.18. The second-order valence-electron chi connectivity index (χ2n) is 4.80. The fraction of sp³-hybridized carbons (Fsp3) is 0.200. The Labute approximate surface area is 123 Å². The Morgan fingerprint density at radius 2 is 1.90 bits per heavy atom. The molecule has 0 amide bonds. The first-order valence-electron chi connectivity index (χ1n) is 6.66. The Balaban J connectivity index is 2.23. The van der Waals surface area contributed by atoms with Gasteiger partial charge in [0.15, 0.2) is 15.5 Å². The molecule has 0 spiro atoms. The number of rotatable bonds is 3. The number of nitrogens with zero attached hydrogens (tertiary/aromatic N) is 3. The van der Waals surface area contributed by atoms with Crippen LogP contribution in [0.2, 0.25) is 0 Å². The number of fused-ring (bicyclic) bond motifs is 1. The molecular weight excluding hydrogens is 286 g/mol. The van der Waals surface area contributed by atoms with Gasteiger partial charge in [0.1, 0.15) is 0 Å². The fourth-order valence-electron chi connectivity index (χ4n) is 2.25. The molecule has 108 valence electrons. The van der Waals surface area contributed by atoms with E-state index < -0.39 is 9.84 Å². The van der Waals surface area contributed by atoms with Crippen molar-refractivity contribution < 1.29 is 8.42 Å². The predicted octanol–water partition coefficient (Wildman–Crippen LogP) is 2.50. The fourth-order valence-corrected chi connectivity index (χ4v) is 3.35. The monoisotopic (exact) mass is 301 g/mol. The van der Waals surface area contributed by atoms with Crippen molar-refractivity contribution in [1.29, 1.82) is 0 Å². The lowest BCUT2D eigenvalue weighted by atomic mass is 10.1. The zero-order valence-electron chi connectivity index (χ0n) is 11.8. The number of aryl methyl sites for hydroxylation is 1. The van der Waals surface area contributed by atoms with Gasteiger partial charge in [-0.3, -0.25) is 0 Å². The van der Waals surface area contributed by atoms with Crippen LogP contribution in [0.5, 0.6) is 0 Å². The molecule has 0 aliphatic heterocycles. The summed E-state index contributed by atoms with van der Waals surface area (Å²) in [6.45, 7) is 3.53. The molecule has 0 bridgehead atoms. The van der Waals surface area contributed by atoms with E-state index >= 15 is 0 Å². The molecule has 0 aliphatic rings. The van der Waals surface area contributed by atoms with Crippen LogP contribution < -0.4 is 0 Å². The first-order valence-corrected chi connectivity index (χ1v) is 8.31. The highest BCUT2D eigenvalue weighted by molar-refractivity contribution is 7.91. The van der Waals surface area contributed by atoms with Gasteiger partial charge in [-0.2, -0.15) is 5.10 Å². The summed E-state index contributed by atoms with van der Waals surface area (Å²) in [5.41, 5.74) is 2.85. The van der Waals surface area contributed by atoms with E-state index in [0.717, 1.165) is 11.3 Å². The maximum atomic E-state index is 12.2. The first-order chi connectivity index (χ1) is 10.0. The van der Waals surface area contributed by atoms with Crippen molar-refractivity contribution in [2.45, 2.75) is 18.7 Å². The number of hydrogen-bond donors (Lipinski definition) is 0. The highest BCUT2D eigenvalue weighted by atomic mass is 32.2. The van der Waals surface area contributed by atoms with Crippen molar-refractivity contribution in [2.24, 2.45) is 0 Å². The number of imidazole rings is 1. The summed E-state index contributed by atoms with van der Waals surface area (Å²) >= 11 is 0. The molecule has 2 aromatic heterocycles. The van der Waals surface area contributed by atoms with Crippen LogP contribution in [0.4, 0.5) is 0 Å². The molecule has 2 heterocycles. The average Bonchev–Trinajstić information content (AvgIpc) is 2.86. The first kappa shape index (κ1) is 13.8. The summed E-state index contributed by atoms with van der Waals surface area (Å²) in [6.07, 6.45) is 1.82. The molecule has 0 aliphatic carbocycles. The lowest BCUT2D eigenvalue weighted by molar-refractivity contribution is 0.597. The van der Waals surface area contributed by atoms with E-state index in [1.54, 1.807) is 35.7 Å². The molecule has 0 fully saturated rings. The van der Waals surface area contributed by atoms with Gasteiger partial charge in [0, 0.05) is 5.56 Å². The lowest BCUT2D eigenvalue weighted by Gasteiger charge is -2.08. The second-order valence-corrected chi connectivity index (χ2v) is 7.05. The van der Waals surface area contributed by atoms with Crippen molar-refractivity contribution >= 4 is 15.5 Å². The van der Waals surface area contributed by atoms with Gasteiger partial charge in [0.05, 0.1) is 28.2 Å². The summed E-state index contributed by atoms with van der Waals surface area (Å²) in [6, 6.07) is 10.6. The van der Waals surface area contributed by atoms with Gasteiger partial charge in [-0.25, -0.2) is 17.9 Å². The SMILES string of the molecule is CCS(=O)(=O)c1ccccc1-c1ccc2nc(C)cn2n1. The van der Waals surface area contributed by atoms with Crippen molar-refractivity contribution in [3.63, 3.8) is 0 Å². The molecule has 6 heteroatoms. The van der Waals surface area contributed by atoms with Crippen LogP contribution in [0, 0.1) is 6.92 Å². The van der Waals surface area contributed by atoms with Crippen molar-refractivity contribution in [3.8, 4) is 11.3 Å². The van der Waals surface area contributed by atoms with Crippen LogP contribution in [0.15, 0.2) is 47.5 Å². The largest absolute Gasteiger partial charge is 0.232 e. The third kappa shape index (κ3) is 2.42. The normalized spacial score (nSPS) is 11.9. The average molecular weight is 301 g/mol. The number of aromatic nitrogens is 3. The topological polar surface area (TPSA) is 64.3 Å². The van der Waals surface area contributed by atoms with E-state index in [9.17, 15) is 8.42 Å². The maximum Gasteiger partial charge on any atom is 0.178 e. The summed E-state index contributed by atoms with van der Waals surface area (Å²) in [7, 11) is -3.29. The van der Waals surface area contributed by atoms with Gasteiger partial charge in [0.25, 0.3) is 0 Å². The van der Waals surface area contributed by atoms with Crippen LogP contribution in [0.1, 0.15) is 12.6 Å². The van der Waals surface area contributed by atoms with Gasteiger partial charge in [-0.05, 0) is 25.1 Å². The van der Waals surface area contributed by atoms with E-state index in [1.807, 2.05) is 25.3 Å². The van der Waals surface area contributed by atoms with Crippen molar-refractivity contribution in [1.82, 2.24) is 14.6 Å². The summed E-state index contributed by atoms with van der Waals surface area (Å²) in [5.74, 6) is 0.0659. The van der Waals surface area contributed by atoms with Crippen LogP contribution in [-0.4, -0.2) is 28.8 Å². The Kier molecular flexibility index (Phi) is 3.25. The minimum Gasteiger partial charge on any atom is -0.232 e. The van der Waals surface area contributed by atoms with E-state index in [4.69, 9.17) is 0 Å². The Bertz CT molecular complexity index is 914. The molecule has 1 aromatic carbocycles. The van der Waals surface area contributed by atoms with E-state index in [2.05, 4.69) is 10.1 Å². The van der Waals surface area contributed by atoms with Crippen LogP contribution in [0.25, 0.3) is 16.9 Å². The summed E-state index contributed by atoms with van der Waals surface area (Å²) < 4.78 is 26.1. The maximum absolute atomic E-state index is 12.2. The van der Waals surface area contributed by atoms with E-state index in [0.29, 0.717) is 16.2 Å². The van der Waals surface area contributed by atoms with E-state index in [-0.39, 0.29) is 5.75 Å². The number of benzene rings is 1. The third-order valence-corrected chi connectivity index (χ3v) is 5.10. The molecule has 21 heavy (non-hydrogen) atoms. The summed E-state index contributed by atoms with van der Waals surface area (Å²) in [5, 5.41) is 4.46. The third-order valence-electron chi connectivity index (χ3n) is 3.32. The number of hydrogen-bond acceptors (Lipinski definition) is 4. The van der Waals surface area contributed by atoms with Gasteiger partial charge < -0.3 is 0 Å². The van der Waals surface area contributed by atoms with Crippen LogP contribution >= 0.6 is 0 Å². The minimum absolute atomic E-state index is 0.0659. The molecule has 0 atom stereocenters. The Morgan fingerprint density at radius 3 is 2.67 bits per heavy atom. The second kappa shape index (κ2) is 4.96. The predicted molar refractivity (Wildman–Crippen MR) is 80.9 cm³/mol. The molecule has 0 N–H and O–H groups in total.